The molecular formula is C36H35F4N7O5S. The van der Waals surface area contributed by atoms with Crippen molar-refractivity contribution in [1.29, 1.82) is 0 Å². The van der Waals surface area contributed by atoms with E-state index in [-0.39, 0.29) is 49.1 Å². The van der Waals surface area contributed by atoms with E-state index in [9.17, 15) is 26.4 Å². The number of hydrogen-bond donors (Lipinski definition) is 2. The number of likely N-dealkylation sites (tertiary alicyclic amines) is 1. The molecule has 3 heterocycles. The van der Waals surface area contributed by atoms with Gasteiger partial charge in [-0.2, -0.15) is 5.10 Å². The Morgan fingerprint density at radius 3 is 2.57 bits per heavy atom. The Kier molecular flexibility index (Phi) is 10.9. The van der Waals surface area contributed by atoms with E-state index in [0.29, 0.717) is 29.1 Å². The molecule has 1 aliphatic rings. The third-order valence-electron chi connectivity index (χ3n) is 8.38. The molecule has 12 nitrogen and oxygen atoms in total. The Hall–Kier alpha value is -5.58. The molecule has 0 bridgehead atoms. The van der Waals surface area contributed by atoms with Crippen molar-refractivity contribution in [3.63, 3.8) is 0 Å². The van der Waals surface area contributed by atoms with E-state index in [1.54, 1.807) is 25.1 Å². The van der Waals surface area contributed by atoms with Crippen LogP contribution in [0.1, 0.15) is 30.9 Å². The fraction of sp³-hybridized carbons (Fsp3) is 0.306. The highest BCUT2D eigenvalue weighted by Crippen LogP contribution is 2.39. The molecule has 53 heavy (non-hydrogen) atoms. The van der Waals surface area contributed by atoms with Gasteiger partial charge in [-0.1, -0.05) is 42.5 Å². The quantitative estimate of drug-likeness (QED) is 0.125. The van der Waals surface area contributed by atoms with Crippen LogP contribution in [0.25, 0.3) is 22.0 Å². The number of halogens is 4. The molecule has 0 radical (unpaired) electrons. The highest BCUT2D eigenvalue weighted by atomic mass is 32.2. The minimum absolute atomic E-state index is 0.00166. The molecule has 0 unspecified atom stereocenters. The van der Waals surface area contributed by atoms with Crippen LogP contribution >= 0.6 is 0 Å². The van der Waals surface area contributed by atoms with E-state index < -0.39 is 57.9 Å². The molecule has 6 rings (SSSR count). The Morgan fingerprint density at radius 2 is 1.79 bits per heavy atom. The highest BCUT2D eigenvalue weighted by Gasteiger charge is 2.32. The Morgan fingerprint density at radius 1 is 1.02 bits per heavy atom. The minimum atomic E-state index is -4.34. The molecule has 1 saturated heterocycles. The van der Waals surface area contributed by atoms with Crippen LogP contribution in [0.3, 0.4) is 0 Å². The van der Waals surface area contributed by atoms with Crippen LogP contribution in [0.2, 0.25) is 0 Å². The second-order valence-electron chi connectivity index (χ2n) is 12.7. The number of hydrogen-bond acceptors (Lipinski definition) is 10. The summed E-state index contributed by atoms with van der Waals surface area (Å²) in [6, 6.07) is 17.3. The van der Waals surface area contributed by atoms with Gasteiger partial charge in [0.25, 0.3) is 0 Å². The normalized spacial score (nSPS) is 16.3. The van der Waals surface area contributed by atoms with E-state index in [4.69, 9.17) is 9.47 Å². The number of rotatable bonds is 12. The van der Waals surface area contributed by atoms with Gasteiger partial charge in [0.2, 0.25) is 27.8 Å². The van der Waals surface area contributed by atoms with Crippen molar-refractivity contribution in [2.24, 2.45) is 0 Å². The molecule has 278 valence electrons. The zero-order valence-electron chi connectivity index (χ0n) is 28.6. The number of anilines is 2. The average Bonchev–Trinajstić information content (AvgIpc) is 3.12. The molecule has 2 atom stereocenters. The van der Waals surface area contributed by atoms with Gasteiger partial charge in [-0.25, -0.2) is 40.7 Å². The predicted molar refractivity (Wildman–Crippen MR) is 190 cm³/mol. The van der Waals surface area contributed by atoms with Crippen LogP contribution in [-0.2, 0) is 21.4 Å². The zero-order chi connectivity index (χ0) is 37.8. The molecular weight excluding hydrogens is 718 g/mol. The maximum absolute atomic E-state index is 15.1. The number of sulfonamides is 1. The largest absolute Gasteiger partial charge is 0.445 e. The number of aryl methyl sites for hydroxylation is 1. The van der Waals surface area contributed by atoms with Crippen molar-refractivity contribution < 1.29 is 40.2 Å². The number of carbonyl (C=O) groups excluding carboxylic acids is 1. The summed E-state index contributed by atoms with van der Waals surface area (Å²) in [4.78, 5) is 23.0. The molecule has 0 aliphatic carbocycles. The van der Waals surface area contributed by atoms with Crippen LogP contribution in [0.4, 0.5) is 34.0 Å². The third kappa shape index (κ3) is 9.46. The number of aromatic nitrogens is 4. The van der Waals surface area contributed by atoms with E-state index in [1.807, 2.05) is 30.3 Å². The Labute approximate surface area is 302 Å². The summed E-state index contributed by atoms with van der Waals surface area (Å²) in [6.45, 7) is 2.42. The van der Waals surface area contributed by atoms with Crippen LogP contribution < -0.4 is 14.8 Å². The molecule has 2 N–H and O–H groups in total. The number of nitrogens with one attached hydrogen (secondary N) is 2. The average molecular weight is 754 g/mol. The number of nitrogens with zero attached hydrogens (tertiary/aromatic N) is 5. The first-order valence-corrected chi connectivity index (χ1v) is 18.2. The van der Waals surface area contributed by atoms with E-state index in [0.717, 1.165) is 11.6 Å². The van der Waals surface area contributed by atoms with Crippen molar-refractivity contribution in [2.45, 2.75) is 51.4 Å². The van der Waals surface area contributed by atoms with Gasteiger partial charge in [0, 0.05) is 42.4 Å². The summed E-state index contributed by atoms with van der Waals surface area (Å²) < 4.78 is 95.8. The number of alkyl halides is 3. The fourth-order valence-corrected chi connectivity index (χ4v) is 7.02. The van der Waals surface area contributed by atoms with E-state index in [2.05, 4.69) is 30.2 Å². The molecule has 17 heteroatoms. The second kappa shape index (κ2) is 15.6. The lowest BCUT2D eigenvalue weighted by molar-refractivity contribution is 0.0189. The van der Waals surface area contributed by atoms with Gasteiger partial charge < -0.3 is 19.7 Å². The van der Waals surface area contributed by atoms with Crippen LogP contribution in [-0.4, -0.2) is 76.6 Å². The Bertz CT molecular complexity index is 2210. The lowest BCUT2D eigenvalue weighted by Gasteiger charge is -2.34. The third-order valence-corrected chi connectivity index (χ3v) is 9.63. The number of ether oxygens (including phenoxy) is 2. The second-order valence-corrected chi connectivity index (χ2v) is 14.5. The summed E-state index contributed by atoms with van der Waals surface area (Å²) in [7, 11) is -4.34. The van der Waals surface area contributed by atoms with Crippen LogP contribution in [0.15, 0.2) is 79.1 Å². The predicted octanol–water partition coefficient (Wildman–Crippen LogP) is 7.27. The summed E-state index contributed by atoms with van der Waals surface area (Å²) in [5.41, 5.74) is 1.70. The first-order chi connectivity index (χ1) is 25.2. The van der Waals surface area contributed by atoms with Crippen molar-refractivity contribution in [2.75, 3.05) is 28.9 Å². The first-order valence-electron chi connectivity index (χ1n) is 16.5. The number of benzene rings is 3. The monoisotopic (exact) mass is 753 g/mol. The van der Waals surface area contributed by atoms with Crippen LogP contribution in [0, 0.1) is 12.7 Å². The lowest BCUT2D eigenvalue weighted by Crippen LogP contribution is -2.50. The summed E-state index contributed by atoms with van der Waals surface area (Å²) in [6.07, 6.45) is 0.105. The first kappa shape index (κ1) is 37.2. The lowest BCUT2D eigenvalue weighted by atomic mass is 10.0. The van der Waals surface area contributed by atoms with Crippen molar-refractivity contribution in [3.05, 3.63) is 96.1 Å². The summed E-state index contributed by atoms with van der Waals surface area (Å²) in [5.74, 6) is -4.71. The van der Waals surface area contributed by atoms with Gasteiger partial charge in [0.15, 0.2) is 0 Å². The van der Waals surface area contributed by atoms with Crippen molar-refractivity contribution >= 4 is 38.5 Å². The molecule has 1 aliphatic heterocycles. The number of amides is 1. The fourth-order valence-electron chi connectivity index (χ4n) is 5.77. The standard InChI is InChI=1S/C36H35F4N7O5S/c1-22-8-9-26-27(10-11-29(38)31(26)46-53(49,50)17-14-36(2,39)40)32(22)52-33-28(12-16-42-45-33)30-13-15-41-34(44-30)43-25-18-24(37)19-47(20-25)35(48)51-21-23-6-4-3-5-7-23/h3-13,15-16,24-25,46H,14,17-21H2,1-2H3,(H,41,43,44)/t24-,25-/m0/s1. The topological polar surface area (TPSA) is 149 Å². The van der Waals surface area contributed by atoms with Crippen molar-refractivity contribution in [1.82, 2.24) is 25.1 Å². The molecule has 1 fully saturated rings. The number of fused-ring (bicyclic) bond motifs is 1. The van der Waals surface area contributed by atoms with E-state index >= 15 is 4.39 Å². The van der Waals surface area contributed by atoms with Gasteiger partial charge in [0.1, 0.15) is 24.3 Å². The molecule has 0 spiro atoms. The molecule has 0 saturated carbocycles. The smallest absolute Gasteiger partial charge is 0.410 e. The maximum atomic E-state index is 15.1. The minimum Gasteiger partial charge on any atom is -0.445 e. The van der Waals surface area contributed by atoms with Gasteiger partial charge in [-0.05, 0) is 49.2 Å². The maximum Gasteiger partial charge on any atom is 0.410 e. The van der Waals surface area contributed by atoms with Crippen molar-refractivity contribution in [3.8, 4) is 22.9 Å². The zero-order valence-corrected chi connectivity index (χ0v) is 29.4. The number of piperidine rings is 1. The summed E-state index contributed by atoms with van der Waals surface area (Å²) in [5, 5.41) is 11.6. The SMILES string of the molecule is Cc1ccc2c(NS(=O)(=O)CCC(C)(F)F)c(F)ccc2c1Oc1nnccc1-c1ccnc(N[C@H]2C[C@H](F)CN(C(=O)OCc3ccccc3)C2)n1. The molecule has 3 aromatic carbocycles. The van der Waals surface area contributed by atoms with Gasteiger partial charge in [-0.3, -0.25) is 4.72 Å². The van der Waals surface area contributed by atoms with E-state index in [1.165, 1.54) is 29.4 Å². The summed E-state index contributed by atoms with van der Waals surface area (Å²) >= 11 is 0. The molecule has 5 aromatic rings. The highest BCUT2D eigenvalue weighted by molar-refractivity contribution is 7.92. The van der Waals surface area contributed by atoms with Gasteiger partial charge in [-0.15, -0.1) is 5.10 Å². The molecule has 1 amide bonds. The molecule has 2 aromatic heterocycles. The Balaban J connectivity index is 1.21. The van der Waals surface area contributed by atoms with Gasteiger partial charge in [0.05, 0.1) is 35.4 Å². The van der Waals surface area contributed by atoms with Crippen LogP contribution in [0.5, 0.6) is 11.6 Å². The number of carbonyl (C=O) groups is 1. The van der Waals surface area contributed by atoms with Gasteiger partial charge >= 0.3 is 6.09 Å².